The summed E-state index contributed by atoms with van der Waals surface area (Å²) in [6.07, 6.45) is 0. The molecule has 2 aromatic rings. The molecule has 3 rings (SSSR count). The topological polar surface area (TPSA) is 57.6 Å². The highest BCUT2D eigenvalue weighted by Crippen LogP contribution is 2.32. The number of aromatic carboxylic acids is 1. The Bertz CT molecular complexity index is 709. The third kappa shape index (κ3) is 2.18. The van der Waals surface area contributed by atoms with Crippen LogP contribution in [0.3, 0.4) is 0 Å². The van der Waals surface area contributed by atoms with Crippen LogP contribution in [-0.2, 0) is 6.54 Å². The lowest BCUT2D eigenvalue weighted by Crippen LogP contribution is -2.27. The van der Waals surface area contributed by atoms with Crippen LogP contribution in [0.15, 0.2) is 48.5 Å². The quantitative estimate of drug-likeness (QED) is 0.940. The van der Waals surface area contributed by atoms with Crippen LogP contribution in [0.25, 0.3) is 0 Å². The number of nitrogens with zero attached hydrogens (tertiary/aromatic N) is 1. The second-order valence-electron chi connectivity index (χ2n) is 5.16. The van der Waals surface area contributed by atoms with E-state index in [-0.39, 0.29) is 17.5 Å². The summed E-state index contributed by atoms with van der Waals surface area (Å²) >= 11 is 0. The lowest BCUT2D eigenvalue weighted by atomic mass is 10.0. The van der Waals surface area contributed by atoms with E-state index in [1.54, 1.807) is 11.0 Å². The number of carboxylic acid groups (broad SMARTS) is 1. The molecule has 0 aliphatic carbocycles. The maximum Gasteiger partial charge on any atom is 0.336 e. The normalized spacial score (nSPS) is 14.9. The van der Waals surface area contributed by atoms with E-state index in [0.717, 1.165) is 11.1 Å². The SMILES string of the molecule is C[C@H](c1ccccc1)N1Cc2cccc(C(=O)O)c2C1=O. The van der Waals surface area contributed by atoms with Crippen LogP contribution in [0, 0.1) is 0 Å². The molecular formula is C17H15NO3. The van der Waals surface area contributed by atoms with Gasteiger partial charge in [0.25, 0.3) is 5.91 Å². The first-order valence-electron chi connectivity index (χ1n) is 6.80. The van der Waals surface area contributed by atoms with Gasteiger partial charge in [0.15, 0.2) is 0 Å². The Morgan fingerprint density at radius 1 is 1.14 bits per heavy atom. The van der Waals surface area contributed by atoms with Gasteiger partial charge in [-0.15, -0.1) is 0 Å². The molecule has 0 saturated carbocycles. The molecule has 1 aliphatic rings. The predicted molar refractivity (Wildman–Crippen MR) is 78.1 cm³/mol. The lowest BCUT2D eigenvalue weighted by molar-refractivity contribution is 0.0668. The van der Waals surface area contributed by atoms with E-state index in [9.17, 15) is 14.7 Å². The number of carboxylic acids is 1. The van der Waals surface area contributed by atoms with Crippen molar-refractivity contribution < 1.29 is 14.7 Å². The third-order valence-electron chi connectivity index (χ3n) is 3.95. The first kappa shape index (κ1) is 13.4. The fraction of sp³-hybridized carbons (Fsp3) is 0.176. The Hall–Kier alpha value is -2.62. The van der Waals surface area contributed by atoms with Crippen LogP contribution in [-0.4, -0.2) is 21.9 Å². The molecule has 1 N–H and O–H groups in total. The summed E-state index contributed by atoms with van der Waals surface area (Å²) < 4.78 is 0. The summed E-state index contributed by atoms with van der Waals surface area (Å²) in [7, 11) is 0. The zero-order chi connectivity index (χ0) is 15.0. The molecule has 2 aromatic carbocycles. The maximum absolute atomic E-state index is 12.6. The number of hydrogen-bond acceptors (Lipinski definition) is 2. The van der Waals surface area contributed by atoms with Crippen molar-refractivity contribution in [3.63, 3.8) is 0 Å². The number of carbonyl (C=O) groups excluding carboxylic acids is 1. The minimum atomic E-state index is -1.06. The van der Waals surface area contributed by atoms with E-state index in [1.807, 2.05) is 43.3 Å². The van der Waals surface area contributed by atoms with Crippen molar-refractivity contribution in [3.05, 3.63) is 70.8 Å². The molecule has 0 radical (unpaired) electrons. The van der Waals surface area contributed by atoms with Crippen LogP contribution < -0.4 is 0 Å². The van der Waals surface area contributed by atoms with E-state index >= 15 is 0 Å². The Morgan fingerprint density at radius 2 is 1.86 bits per heavy atom. The van der Waals surface area contributed by atoms with E-state index in [0.29, 0.717) is 12.1 Å². The molecule has 0 spiro atoms. The van der Waals surface area contributed by atoms with Crippen molar-refractivity contribution in [2.45, 2.75) is 19.5 Å². The van der Waals surface area contributed by atoms with E-state index < -0.39 is 5.97 Å². The van der Waals surface area contributed by atoms with Gasteiger partial charge in [-0.05, 0) is 24.1 Å². The highest BCUT2D eigenvalue weighted by atomic mass is 16.4. The first-order chi connectivity index (χ1) is 10.1. The van der Waals surface area contributed by atoms with Crippen LogP contribution >= 0.6 is 0 Å². The molecule has 0 bridgehead atoms. The Kier molecular flexibility index (Phi) is 3.22. The number of amides is 1. The van der Waals surface area contributed by atoms with Crippen molar-refractivity contribution in [3.8, 4) is 0 Å². The average Bonchev–Trinajstić information content (AvgIpc) is 2.84. The second kappa shape index (κ2) is 5.05. The van der Waals surface area contributed by atoms with Crippen LogP contribution in [0.4, 0.5) is 0 Å². The van der Waals surface area contributed by atoms with Gasteiger partial charge in [-0.25, -0.2) is 4.79 Å². The fourth-order valence-corrected chi connectivity index (χ4v) is 2.79. The van der Waals surface area contributed by atoms with E-state index in [2.05, 4.69) is 0 Å². The van der Waals surface area contributed by atoms with Gasteiger partial charge in [-0.1, -0.05) is 42.5 Å². The van der Waals surface area contributed by atoms with Crippen molar-refractivity contribution in [2.24, 2.45) is 0 Å². The molecule has 21 heavy (non-hydrogen) atoms. The molecule has 1 amide bonds. The molecule has 1 heterocycles. The molecule has 4 nitrogen and oxygen atoms in total. The molecule has 106 valence electrons. The predicted octanol–water partition coefficient (Wildman–Crippen LogP) is 3.10. The number of benzene rings is 2. The minimum Gasteiger partial charge on any atom is -0.478 e. The zero-order valence-electron chi connectivity index (χ0n) is 11.6. The molecular weight excluding hydrogens is 266 g/mol. The maximum atomic E-state index is 12.6. The molecule has 0 fully saturated rings. The molecule has 0 saturated heterocycles. The summed E-state index contributed by atoms with van der Waals surface area (Å²) in [5.74, 6) is -1.27. The van der Waals surface area contributed by atoms with Crippen molar-refractivity contribution in [1.82, 2.24) is 4.90 Å². The fourth-order valence-electron chi connectivity index (χ4n) is 2.79. The van der Waals surface area contributed by atoms with Gasteiger partial charge in [0.2, 0.25) is 0 Å². The van der Waals surface area contributed by atoms with Crippen LogP contribution in [0.1, 0.15) is 44.8 Å². The van der Waals surface area contributed by atoms with Crippen LogP contribution in [0.2, 0.25) is 0 Å². The smallest absolute Gasteiger partial charge is 0.336 e. The molecule has 4 heteroatoms. The molecule has 1 atom stereocenters. The Labute approximate surface area is 122 Å². The third-order valence-corrected chi connectivity index (χ3v) is 3.95. The number of fused-ring (bicyclic) bond motifs is 1. The van der Waals surface area contributed by atoms with Crippen molar-refractivity contribution in [1.29, 1.82) is 0 Å². The monoisotopic (exact) mass is 281 g/mol. The summed E-state index contributed by atoms with van der Waals surface area (Å²) in [4.78, 5) is 25.6. The number of carbonyl (C=O) groups is 2. The first-order valence-corrected chi connectivity index (χ1v) is 6.80. The summed E-state index contributed by atoms with van der Waals surface area (Å²) in [6.45, 7) is 2.41. The van der Waals surface area contributed by atoms with Gasteiger partial charge in [-0.2, -0.15) is 0 Å². The van der Waals surface area contributed by atoms with Crippen LogP contribution in [0.5, 0.6) is 0 Å². The number of hydrogen-bond donors (Lipinski definition) is 1. The van der Waals surface area contributed by atoms with Gasteiger partial charge in [0.05, 0.1) is 17.2 Å². The Morgan fingerprint density at radius 3 is 2.52 bits per heavy atom. The summed E-state index contributed by atoms with van der Waals surface area (Å²) in [5, 5.41) is 9.24. The van der Waals surface area contributed by atoms with Crippen molar-refractivity contribution >= 4 is 11.9 Å². The van der Waals surface area contributed by atoms with Gasteiger partial charge in [-0.3, -0.25) is 4.79 Å². The Balaban J connectivity index is 1.98. The molecule has 0 aromatic heterocycles. The molecule has 1 aliphatic heterocycles. The van der Waals surface area contributed by atoms with Crippen molar-refractivity contribution in [2.75, 3.05) is 0 Å². The van der Waals surface area contributed by atoms with Gasteiger partial charge in [0, 0.05) is 6.54 Å². The average molecular weight is 281 g/mol. The van der Waals surface area contributed by atoms with Gasteiger partial charge in [0.1, 0.15) is 0 Å². The van der Waals surface area contributed by atoms with Gasteiger partial charge >= 0.3 is 5.97 Å². The van der Waals surface area contributed by atoms with E-state index in [1.165, 1.54) is 6.07 Å². The highest BCUT2D eigenvalue weighted by molar-refractivity contribution is 6.07. The van der Waals surface area contributed by atoms with Gasteiger partial charge < -0.3 is 10.0 Å². The van der Waals surface area contributed by atoms with E-state index in [4.69, 9.17) is 0 Å². The molecule has 0 unspecified atom stereocenters. The second-order valence-corrected chi connectivity index (χ2v) is 5.16. The summed E-state index contributed by atoms with van der Waals surface area (Å²) in [5.41, 5.74) is 2.23. The minimum absolute atomic E-state index is 0.0836. The standard InChI is InChI=1S/C17H15NO3/c1-11(12-6-3-2-4-7-12)18-10-13-8-5-9-14(17(20)21)15(13)16(18)19/h2-9,11H,10H2,1H3,(H,20,21)/t11-/m1/s1. The lowest BCUT2D eigenvalue weighted by Gasteiger charge is -2.24. The highest BCUT2D eigenvalue weighted by Gasteiger charge is 2.34. The zero-order valence-corrected chi connectivity index (χ0v) is 11.6. The summed E-state index contributed by atoms with van der Waals surface area (Å²) in [6, 6.07) is 14.6. The number of rotatable bonds is 3. The largest absolute Gasteiger partial charge is 0.478 e.